The summed E-state index contributed by atoms with van der Waals surface area (Å²) in [7, 11) is -2.96. The molecule has 0 bridgehead atoms. The van der Waals surface area contributed by atoms with E-state index in [1.807, 2.05) is 30.5 Å². The Morgan fingerprint density at radius 2 is 2.11 bits per heavy atom. The summed E-state index contributed by atoms with van der Waals surface area (Å²) in [4.78, 5) is 0. The summed E-state index contributed by atoms with van der Waals surface area (Å²) in [6.45, 7) is 2.02. The first-order valence-corrected chi connectivity index (χ1v) is 8.19. The number of aryl methyl sites for hydroxylation is 1. The second kappa shape index (κ2) is 5.75. The van der Waals surface area contributed by atoms with Crippen LogP contribution in [0, 0.1) is 0 Å². The van der Waals surface area contributed by atoms with Gasteiger partial charge in [-0.05, 0) is 17.7 Å². The number of hydrogen-bond donors (Lipinski definition) is 0. The van der Waals surface area contributed by atoms with Crippen LogP contribution in [-0.2, 0) is 16.4 Å². The minimum atomic E-state index is -2.96. The van der Waals surface area contributed by atoms with E-state index in [-0.39, 0.29) is 11.5 Å². The lowest BCUT2D eigenvalue weighted by Gasteiger charge is -2.01. The van der Waals surface area contributed by atoms with Gasteiger partial charge in [0.05, 0.1) is 18.5 Å². The molecule has 0 aliphatic heterocycles. The first-order valence-electron chi connectivity index (χ1n) is 5.99. The van der Waals surface area contributed by atoms with Gasteiger partial charge in [0.1, 0.15) is 0 Å². The third-order valence-corrected chi connectivity index (χ3v) is 4.78. The van der Waals surface area contributed by atoms with Crippen LogP contribution < -0.4 is 0 Å². The van der Waals surface area contributed by atoms with E-state index in [9.17, 15) is 8.42 Å². The molecule has 0 atom stereocenters. The van der Waals surface area contributed by atoms with E-state index in [0.29, 0.717) is 11.6 Å². The van der Waals surface area contributed by atoms with Crippen LogP contribution >= 0.6 is 11.6 Å². The molecule has 0 saturated carbocycles. The topological polar surface area (TPSA) is 52.0 Å². The lowest BCUT2D eigenvalue weighted by atomic mass is 10.1. The molecule has 1 aromatic heterocycles. The fraction of sp³-hybridized carbons (Fsp3) is 0.308. The van der Waals surface area contributed by atoms with Gasteiger partial charge in [0.2, 0.25) is 0 Å². The van der Waals surface area contributed by atoms with Gasteiger partial charge >= 0.3 is 0 Å². The van der Waals surface area contributed by atoms with Crippen LogP contribution in [0.25, 0.3) is 11.1 Å². The molecule has 1 heterocycles. The van der Waals surface area contributed by atoms with Crippen molar-refractivity contribution in [3.63, 3.8) is 0 Å². The molecule has 0 amide bonds. The van der Waals surface area contributed by atoms with Gasteiger partial charge in [-0.25, -0.2) is 8.42 Å². The molecule has 0 N–H and O–H groups in total. The zero-order valence-electron chi connectivity index (χ0n) is 10.6. The lowest BCUT2D eigenvalue weighted by Crippen LogP contribution is -2.14. The van der Waals surface area contributed by atoms with Gasteiger partial charge in [-0.1, -0.05) is 30.7 Å². The first-order chi connectivity index (χ1) is 9.00. The van der Waals surface area contributed by atoms with Crippen LogP contribution in [0.5, 0.6) is 0 Å². The minimum absolute atomic E-state index is 0.111. The highest BCUT2D eigenvalue weighted by molar-refractivity contribution is 7.91. The number of hydrogen-bond acceptors (Lipinski definition) is 3. The van der Waals surface area contributed by atoms with Gasteiger partial charge in [-0.2, -0.15) is 5.10 Å². The van der Waals surface area contributed by atoms with Crippen LogP contribution in [0.4, 0.5) is 0 Å². The summed E-state index contributed by atoms with van der Waals surface area (Å²) in [6, 6.07) is 7.47. The van der Waals surface area contributed by atoms with Crippen molar-refractivity contribution in [3.8, 4) is 11.1 Å². The molecule has 2 aromatic rings. The Bertz CT molecular complexity index is 665. The average molecular weight is 299 g/mol. The quantitative estimate of drug-likeness (QED) is 0.852. The summed E-state index contributed by atoms with van der Waals surface area (Å²) in [5, 5.41) is 4.83. The number of benzene rings is 1. The Kier molecular flexibility index (Phi) is 4.27. The monoisotopic (exact) mass is 298 g/mol. The van der Waals surface area contributed by atoms with Gasteiger partial charge in [-0.3, -0.25) is 4.68 Å². The van der Waals surface area contributed by atoms with Gasteiger partial charge in [0, 0.05) is 22.5 Å². The van der Waals surface area contributed by atoms with E-state index in [0.717, 1.165) is 11.1 Å². The highest BCUT2D eigenvalue weighted by Crippen LogP contribution is 2.21. The van der Waals surface area contributed by atoms with Crippen LogP contribution in [0.1, 0.15) is 6.92 Å². The molecule has 102 valence electrons. The number of halogens is 1. The van der Waals surface area contributed by atoms with Crippen molar-refractivity contribution >= 4 is 21.4 Å². The molecule has 19 heavy (non-hydrogen) atoms. The fourth-order valence-corrected chi connectivity index (χ4v) is 2.62. The molecule has 0 fully saturated rings. The molecule has 0 radical (unpaired) electrons. The maximum absolute atomic E-state index is 11.4. The third kappa shape index (κ3) is 3.81. The predicted octanol–water partition coefficient (Wildman–Crippen LogP) is 2.64. The molecule has 0 unspecified atom stereocenters. The third-order valence-electron chi connectivity index (χ3n) is 2.86. The maximum Gasteiger partial charge on any atom is 0.151 e. The smallest absolute Gasteiger partial charge is 0.151 e. The number of aromatic nitrogens is 2. The maximum atomic E-state index is 11.4. The number of sulfone groups is 1. The Labute approximate surface area is 117 Å². The lowest BCUT2D eigenvalue weighted by molar-refractivity contribution is 0.582. The van der Waals surface area contributed by atoms with E-state index >= 15 is 0 Å². The van der Waals surface area contributed by atoms with Crippen LogP contribution in [0.2, 0.25) is 5.02 Å². The average Bonchev–Trinajstić information content (AvgIpc) is 2.85. The second-order valence-corrected chi connectivity index (χ2v) is 7.15. The predicted molar refractivity (Wildman–Crippen MR) is 77.0 cm³/mol. The molecule has 0 aliphatic carbocycles. The highest BCUT2D eigenvalue weighted by atomic mass is 35.5. The van der Waals surface area contributed by atoms with E-state index in [1.54, 1.807) is 17.8 Å². The molecule has 0 aliphatic rings. The van der Waals surface area contributed by atoms with Crippen molar-refractivity contribution < 1.29 is 8.42 Å². The molecular weight excluding hydrogens is 284 g/mol. The molecule has 6 heteroatoms. The largest absolute Gasteiger partial charge is 0.271 e. The van der Waals surface area contributed by atoms with Crippen LogP contribution in [-0.4, -0.2) is 29.7 Å². The Morgan fingerprint density at radius 3 is 2.79 bits per heavy atom. The molecule has 0 saturated heterocycles. The van der Waals surface area contributed by atoms with Gasteiger partial charge < -0.3 is 0 Å². The fourth-order valence-electron chi connectivity index (χ4n) is 1.68. The molecule has 2 rings (SSSR count). The first kappa shape index (κ1) is 14.1. The van der Waals surface area contributed by atoms with Crippen molar-refractivity contribution in [1.29, 1.82) is 0 Å². The summed E-state index contributed by atoms with van der Waals surface area (Å²) >= 11 is 5.93. The van der Waals surface area contributed by atoms with Crippen molar-refractivity contribution in [2.45, 2.75) is 13.5 Å². The molecule has 1 aromatic carbocycles. The van der Waals surface area contributed by atoms with Gasteiger partial charge in [0.25, 0.3) is 0 Å². The molecular formula is C13H15ClN2O2S. The second-order valence-electron chi connectivity index (χ2n) is 4.24. The van der Waals surface area contributed by atoms with Crippen molar-refractivity contribution in [3.05, 3.63) is 41.7 Å². The summed E-state index contributed by atoms with van der Waals surface area (Å²) < 4.78 is 24.5. The summed E-state index contributed by atoms with van der Waals surface area (Å²) in [5.41, 5.74) is 1.90. The SMILES string of the molecule is CCS(=O)(=O)CCn1cc(-c2cccc(Cl)c2)cn1. The standard InChI is InChI=1S/C13H15ClN2O2S/c1-2-19(17,18)7-6-16-10-12(9-15-16)11-4-3-5-13(14)8-11/h3-5,8-10H,2,6-7H2,1H3. The Balaban J connectivity index is 2.12. The van der Waals surface area contributed by atoms with Crippen molar-refractivity contribution in [2.24, 2.45) is 0 Å². The van der Waals surface area contributed by atoms with E-state index < -0.39 is 9.84 Å². The van der Waals surface area contributed by atoms with E-state index in [4.69, 9.17) is 11.6 Å². The van der Waals surface area contributed by atoms with E-state index in [1.165, 1.54) is 0 Å². The minimum Gasteiger partial charge on any atom is -0.271 e. The summed E-state index contributed by atoms with van der Waals surface area (Å²) in [5.74, 6) is 0.273. The molecule has 0 spiro atoms. The number of nitrogens with zero attached hydrogens (tertiary/aromatic N) is 2. The zero-order valence-corrected chi connectivity index (χ0v) is 12.2. The van der Waals surface area contributed by atoms with Crippen LogP contribution in [0.3, 0.4) is 0 Å². The molecule has 4 nitrogen and oxygen atoms in total. The van der Waals surface area contributed by atoms with Crippen LogP contribution in [0.15, 0.2) is 36.7 Å². The van der Waals surface area contributed by atoms with Crippen molar-refractivity contribution in [2.75, 3.05) is 11.5 Å². The van der Waals surface area contributed by atoms with Gasteiger partial charge in [-0.15, -0.1) is 0 Å². The number of rotatable bonds is 5. The Morgan fingerprint density at radius 1 is 1.32 bits per heavy atom. The van der Waals surface area contributed by atoms with E-state index in [2.05, 4.69) is 5.10 Å². The summed E-state index contributed by atoms with van der Waals surface area (Å²) in [6.07, 6.45) is 3.54. The van der Waals surface area contributed by atoms with Crippen molar-refractivity contribution in [1.82, 2.24) is 9.78 Å². The Hall–Kier alpha value is -1.33. The van der Waals surface area contributed by atoms with Gasteiger partial charge in [0.15, 0.2) is 9.84 Å². The highest BCUT2D eigenvalue weighted by Gasteiger charge is 2.08. The normalized spacial score (nSPS) is 11.7. The zero-order chi connectivity index (χ0) is 13.9.